The van der Waals surface area contributed by atoms with Crippen LogP contribution in [-0.4, -0.2) is 72.4 Å². The molecule has 0 aromatic rings. The van der Waals surface area contributed by atoms with Crippen molar-refractivity contribution in [2.24, 2.45) is 5.92 Å². The molecular weight excluding hydrogens is 244 g/mol. The van der Waals surface area contributed by atoms with Crippen molar-refractivity contribution in [2.45, 2.75) is 38.8 Å². The molecule has 0 aromatic heterocycles. The number of hydrogen-bond acceptors (Lipinski definition) is 4. The predicted molar refractivity (Wildman–Crippen MR) is 72.8 cm³/mol. The highest BCUT2D eigenvalue weighted by molar-refractivity contribution is 5.78. The van der Waals surface area contributed by atoms with Crippen LogP contribution in [0.5, 0.6) is 0 Å². The summed E-state index contributed by atoms with van der Waals surface area (Å²) >= 11 is 0. The maximum absolute atomic E-state index is 11.8. The molecule has 2 rings (SSSR count). The summed E-state index contributed by atoms with van der Waals surface area (Å²) in [4.78, 5) is 16.2. The summed E-state index contributed by atoms with van der Waals surface area (Å²) in [7, 11) is 0. The molecule has 0 bridgehead atoms. The van der Waals surface area contributed by atoms with E-state index in [1.54, 1.807) is 0 Å². The Morgan fingerprint density at radius 1 is 1.37 bits per heavy atom. The van der Waals surface area contributed by atoms with Crippen molar-refractivity contribution in [3.63, 3.8) is 0 Å². The maximum Gasteiger partial charge on any atom is 0.248 e. The van der Waals surface area contributed by atoms with Gasteiger partial charge < -0.3 is 19.6 Å². The third kappa shape index (κ3) is 3.91. The van der Waals surface area contributed by atoms with Gasteiger partial charge >= 0.3 is 0 Å². The lowest BCUT2D eigenvalue weighted by atomic mass is 9.95. The fraction of sp³-hybridized carbons (Fsp3) is 0.929. The van der Waals surface area contributed by atoms with Crippen LogP contribution in [0.4, 0.5) is 0 Å². The van der Waals surface area contributed by atoms with Crippen LogP contribution in [0, 0.1) is 5.92 Å². The highest BCUT2D eigenvalue weighted by Gasteiger charge is 2.29. The lowest BCUT2D eigenvalue weighted by Gasteiger charge is -2.38. The minimum Gasteiger partial charge on any atom is -0.394 e. The molecule has 2 fully saturated rings. The summed E-state index contributed by atoms with van der Waals surface area (Å²) in [6.07, 6.45) is 2.12. The van der Waals surface area contributed by atoms with E-state index >= 15 is 0 Å². The van der Waals surface area contributed by atoms with Gasteiger partial charge in [-0.3, -0.25) is 4.79 Å². The summed E-state index contributed by atoms with van der Waals surface area (Å²) in [5.41, 5.74) is 0. The standard InChI is InChI=1S/C14H26N2O3/c1-11(2)15-5-3-12(4-6-15)7-16-8-13(9-17)19-10-14(16)18/h11-13,17H,3-10H2,1-2H3. The molecule has 2 saturated heterocycles. The quantitative estimate of drug-likeness (QED) is 0.800. The Hall–Kier alpha value is -0.650. The molecule has 2 aliphatic heterocycles. The monoisotopic (exact) mass is 270 g/mol. The van der Waals surface area contributed by atoms with Gasteiger partial charge in [-0.25, -0.2) is 0 Å². The lowest BCUT2D eigenvalue weighted by molar-refractivity contribution is -0.152. The Morgan fingerprint density at radius 2 is 2.05 bits per heavy atom. The predicted octanol–water partition coefficient (Wildman–Crippen LogP) is 0.327. The topological polar surface area (TPSA) is 53.0 Å². The number of carbonyl (C=O) groups is 1. The number of carbonyl (C=O) groups excluding carboxylic acids is 1. The number of ether oxygens (including phenoxy) is 1. The molecule has 1 amide bonds. The molecule has 1 N–H and O–H groups in total. The lowest BCUT2D eigenvalue weighted by Crippen LogP contribution is -2.50. The van der Waals surface area contributed by atoms with Gasteiger partial charge in [-0.1, -0.05) is 0 Å². The first-order chi connectivity index (χ1) is 9.10. The van der Waals surface area contributed by atoms with Gasteiger partial charge in [-0.05, 0) is 45.7 Å². The van der Waals surface area contributed by atoms with Crippen molar-refractivity contribution < 1.29 is 14.6 Å². The Bertz CT molecular complexity index is 301. The first-order valence-corrected chi connectivity index (χ1v) is 7.34. The van der Waals surface area contributed by atoms with Crippen molar-refractivity contribution in [1.29, 1.82) is 0 Å². The molecule has 0 aliphatic carbocycles. The minimum absolute atomic E-state index is 0.00439. The Morgan fingerprint density at radius 3 is 2.63 bits per heavy atom. The maximum atomic E-state index is 11.8. The van der Waals surface area contributed by atoms with Gasteiger partial charge in [-0.2, -0.15) is 0 Å². The fourth-order valence-corrected chi connectivity index (χ4v) is 2.93. The van der Waals surface area contributed by atoms with E-state index in [4.69, 9.17) is 9.84 Å². The molecule has 5 nitrogen and oxygen atoms in total. The number of aliphatic hydroxyl groups excluding tert-OH is 1. The van der Waals surface area contributed by atoms with Crippen LogP contribution in [0.3, 0.4) is 0 Å². The molecule has 0 radical (unpaired) electrons. The summed E-state index contributed by atoms with van der Waals surface area (Å²) in [5.74, 6) is 0.660. The van der Waals surface area contributed by atoms with Gasteiger partial charge in [0, 0.05) is 19.1 Å². The summed E-state index contributed by atoms with van der Waals surface area (Å²) in [5, 5.41) is 9.13. The second-order valence-corrected chi connectivity index (χ2v) is 5.99. The van der Waals surface area contributed by atoms with E-state index in [1.807, 2.05) is 4.90 Å². The van der Waals surface area contributed by atoms with Crippen LogP contribution in [0.25, 0.3) is 0 Å². The van der Waals surface area contributed by atoms with Crippen LogP contribution in [0.2, 0.25) is 0 Å². The minimum atomic E-state index is -0.201. The highest BCUT2D eigenvalue weighted by atomic mass is 16.5. The zero-order chi connectivity index (χ0) is 13.8. The molecule has 110 valence electrons. The molecule has 1 unspecified atom stereocenters. The van der Waals surface area contributed by atoms with Crippen LogP contribution in [-0.2, 0) is 9.53 Å². The van der Waals surface area contributed by atoms with Gasteiger partial charge in [-0.15, -0.1) is 0 Å². The van der Waals surface area contributed by atoms with Gasteiger partial charge in [0.2, 0.25) is 5.91 Å². The summed E-state index contributed by atoms with van der Waals surface area (Å²) < 4.78 is 5.26. The largest absolute Gasteiger partial charge is 0.394 e. The van der Waals surface area contributed by atoms with E-state index in [-0.39, 0.29) is 25.2 Å². The third-order valence-corrected chi connectivity index (χ3v) is 4.28. The smallest absolute Gasteiger partial charge is 0.248 e. The van der Waals surface area contributed by atoms with E-state index in [2.05, 4.69) is 18.7 Å². The molecule has 0 spiro atoms. The van der Waals surface area contributed by atoms with Crippen LogP contribution >= 0.6 is 0 Å². The molecular formula is C14H26N2O3. The second-order valence-electron chi connectivity index (χ2n) is 5.99. The van der Waals surface area contributed by atoms with Gasteiger partial charge in [0.25, 0.3) is 0 Å². The number of piperidine rings is 1. The fourth-order valence-electron chi connectivity index (χ4n) is 2.93. The van der Waals surface area contributed by atoms with E-state index in [0.29, 0.717) is 18.5 Å². The number of nitrogens with zero attached hydrogens (tertiary/aromatic N) is 2. The Kier molecular flexibility index (Phi) is 5.19. The van der Waals surface area contributed by atoms with E-state index in [9.17, 15) is 4.79 Å². The average molecular weight is 270 g/mol. The van der Waals surface area contributed by atoms with Crippen molar-refractivity contribution in [2.75, 3.05) is 39.4 Å². The number of morpholine rings is 1. The SMILES string of the molecule is CC(C)N1CCC(CN2CC(CO)OCC2=O)CC1. The second kappa shape index (κ2) is 6.68. The van der Waals surface area contributed by atoms with Crippen molar-refractivity contribution in [3.05, 3.63) is 0 Å². The Labute approximate surface area is 115 Å². The molecule has 2 heterocycles. The zero-order valence-corrected chi connectivity index (χ0v) is 12.0. The molecule has 0 saturated carbocycles. The third-order valence-electron chi connectivity index (χ3n) is 4.28. The van der Waals surface area contributed by atoms with Crippen LogP contribution in [0.1, 0.15) is 26.7 Å². The van der Waals surface area contributed by atoms with Crippen molar-refractivity contribution >= 4 is 5.91 Å². The van der Waals surface area contributed by atoms with Gasteiger partial charge in [0.15, 0.2) is 0 Å². The normalized spacial score (nSPS) is 27.3. The molecule has 0 aromatic carbocycles. The first kappa shape index (κ1) is 14.8. The number of likely N-dealkylation sites (tertiary alicyclic amines) is 1. The van der Waals surface area contributed by atoms with Gasteiger partial charge in [0.1, 0.15) is 6.61 Å². The van der Waals surface area contributed by atoms with Crippen molar-refractivity contribution in [3.8, 4) is 0 Å². The summed E-state index contributed by atoms with van der Waals surface area (Å²) in [6, 6.07) is 0.615. The number of hydrogen-bond donors (Lipinski definition) is 1. The summed E-state index contributed by atoms with van der Waals surface area (Å²) in [6.45, 7) is 8.21. The van der Waals surface area contributed by atoms with Crippen LogP contribution < -0.4 is 0 Å². The van der Waals surface area contributed by atoms with Gasteiger partial charge in [0.05, 0.1) is 12.7 Å². The Balaban J connectivity index is 1.79. The average Bonchev–Trinajstić information content (AvgIpc) is 2.42. The van der Waals surface area contributed by atoms with Crippen LogP contribution in [0.15, 0.2) is 0 Å². The van der Waals surface area contributed by atoms with Crippen molar-refractivity contribution in [1.82, 2.24) is 9.80 Å². The molecule has 5 heteroatoms. The van der Waals surface area contributed by atoms with E-state index in [1.165, 1.54) is 0 Å². The van der Waals surface area contributed by atoms with E-state index in [0.717, 1.165) is 32.5 Å². The highest BCUT2D eigenvalue weighted by Crippen LogP contribution is 2.21. The zero-order valence-electron chi connectivity index (χ0n) is 12.0. The number of aliphatic hydroxyl groups is 1. The number of amides is 1. The molecule has 19 heavy (non-hydrogen) atoms. The van der Waals surface area contributed by atoms with E-state index < -0.39 is 0 Å². The first-order valence-electron chi connectivity index (χ1n) is 7.34. The molecule has 1 atom stereocenters. The number of rotatable bonds is 4. The molecule has 2 aliphatic rings.